The summed E-state index contributed by atoms with van der Waals surface area (Å²) >= 11 is 0. The molecule has 0 atom stereocenters. The fraction of sp³-hybridized carbons (Fsp3) is 0.182. The molecule has 2 heterocycles. The third kappa shape index (κ3) is 5.72. The second kappa shape index (κ2) is 12.0. The van der Waals surface area contributed by atoms with Gasteiger partial charge in [0, 0.05) is 42.6 Å². The van der Waals surface area contributed by atoms with Gasteiger partial charge in [-0.1, -0.05) is 30.3 Å². The SMILES string of the molecule is CN(C(=O)C=CCN(C)C1CC1)c1cccc(-n2c(=O)n(-c3ccc(NC(=O)c4ccccc4)cc3)c3c(N)ncnc32)c1. The van der Waals surface area contributed by atoms with Crippen molar-refractivity contribution in [3.8, 4) is 11.4 Å². The molecule has 1 saturated carbocycles. The van der Waals surface area contributed by atoms with E-state index in [9.17, 15) is 14.4 Å². The van der Waals surface area contributed by atoms with Crippen LogP contribution in [0.3, 0.4) is 0 Å². The Kier molecular flexibility index (Phi) is 7.78. The first-order valence-electron chi connectivity index (χ1n) is 14.3. The van der Waals surface area contributed by atoms with Crippen molar-refractivity contribution < 1.29 is 9.59 Å². The summed E-state index contributed by atoms with van der Waals surface area (Å²) in [6.45, 7) is 0.709. The minimum Gasteiger partial charge on any atom is -0.382 e. The van der Waals surface area contributed by atoms with E-state index < -0.39 is 5.69 Å². The van der Waals surface area contributed by atoms with Crippen LogP contribution in [0, 0.1) is 0 Å². The molecule has 0 radical (unpaired) electrons. The molecule has 2 amide bonds. The van der Waals surface area contributed by atoms with Gasteiger partial charge in [0.1, 0.15) is 11.8 Å². The summed E-state index contributed by atoms with van der Waals surface area (Å²) in [4.78, 5) is 51.8. The summed E-state index contributed by atoms with van der Waals surface area (Å²) in [6.07, 6.45) is 7.16. The van der Waals surface area contributed by atoms with E-state index in [1.165, 1.54) is 33.2 Å². The molecule has 6 rings (SSSR count). The monoisotopic (exact) mass is 588 g/mol. The molecule has 222 valence electrons. The van der Waals surface area contributed by atoms with E-state index >= 15 is 0 Å². The van der Waals surface area contributed by atoms with Crippen LogP contribution in [0.5, 0.6) is 0 Å². The summed E-state index contributed by atoms with van der Waals surface area (Å²) in [5.74, 6) is -0.279. The van der Waals surface area contributed by atoms with E-state index in [0.29, 0.717) is 52.1 Å². The molecule has 5 aromatic rings. The molecule has 0 bridgehead atoms. The van der Waals surface area contributed by atoms with Gasteiger partial charge >= 0.3 is 5.69 Å². The molecule has 3 aromatic carbocycles. The molecule has 11 heteroatoms. The number of carbonyl (C=O) groups is 2. The molecule has 0 spiro atoms. The Morgan fingerprint density at radius 1 is 0.955 bits per heavy atom. The number of hydrogen-bond donors (Lipinski definition) is 2. The Labute approximate surface area is 253 Å². The Bertz CT molecular complexity index is 1920. The topological polar surface area (TPSA) is 131 Å². The summed E-state index contributed by atoms with van der Waals surface area (Å²) < 4.78 is 2.88. The predicted octanol–water partition coefficient (Wildman–Crippen LogP) is 4.02. The predicted molar refractivity (Wildman–Crippen MR) is 171 cm³/mol. The van der Waals surface area contributed by atoms with Crippen molar-refractivity contribution in [1.29, 1.82) is 0 Å². The third-order valence-electron chi connectivity index (χ3n) is 7.70. The van der Waals surface area contributed by atoms with Crippen LogP contribution in [0.15, 0.2) is 102 Å². The van der Waals surface area contributed by atoms with Crippen LogP contribution >= 0.6 is 0 Å². The van der Waals surface area contributed by atoms with E-state index in [0.717, 1.165) is 0 Å². The van der Waals surface area contributed by atoms with E-state index in [2.05, 4.69) is 27.2 Å². The van der Waals surface area contributed by atoms with Crippen molar-refractivity contribution in [2.75, 3.05) is 36.6 Å². The highest BCUT2D eigenvalue weighted by atomic mass is 16.2. The number of nitrogens with one attached hydrogen (secondary N) is 1. The van der Waals surface area contributed by atoms with Crippen LogP contribution in [0.25, 0.3) is 22.5 Å². The summed E-state index contributed by atoms with van der Waals surface area (Å²) in [6, 6.07) is 23.5. The number of amides is 2. The maximum Gasteiger partial charge on any atom is 0.339 e. The molecule has 11 nitrogen and oxygen atoms in total. The fourth-order valence-corrected chi connectivity index (χ4v) is 5.07. The van der Waals surface area contributed by atoms with Crippen LogP contribution in [-0.2, 0) is 4.79 Å². The second-order valence-corrected chi connectivity index (χ2v) is 10.7. The Balaban J connectivity index is 1.30. The normalized spacial score (nSPS) is 13.1. The van der Waals surface area contributed by atoms with Gasteiger partial charge in [-0.05, 0) is 74.5 Å². The van der Waals surface area contributed by atoms with Gasteiger partial charge in [0.05, 0.1) is 11.4 Å². The van der Waals surface area contributed by atoms with Crippen LogP contribution < -0.4 is 21.6 Å². The number of rotatable bonds is 9. The van der Waals surface area contributed by atoms with Gasteiger partial charge in [0.2, 0.25) is 5.91 Å². The van der Waals surface area contributed by atoms with E-state index in [-0.39, 0.29) is 17.6 Å². The minimum absolute atomic E-state index is 0.136. The molecule has 1 aliphatic carbocycles. The highest BCUT2D eigenvalue weighted by Gasteiger charge is 2.25. The maximum atomic E-state index is 14.0. The number of hydrogen-bond acceptors (Lipinski definition) is 7. The molecule has 44 heavy (non-hydrogen) atoms. The standard InChI is InChI=1S/C33H32N8O3/c1-38(24-17-18-24)19-7-12-28(42)39(2)26-10-6-11-27(20-26)41-31-29(30(34)35-21-36-31)40(33(41)44)25-15-13-23(14-16-25)37-32(43)22-8-4-3-5-9-22/h3-16,20-21,24H,17-19H2,1-2H3,(H,37,43)(H2,34,35,36). The van der Waals surface area contributed by atoms with Crippen molar-refractivity contribution in [2.24, 2.45) is 0 Å². The Morgan fingerprint density at radius 2 is 1.70 bits per heavy atom. The molecule has 0 aliphatic heterocycles. The average Bonchev–Trinajstić information content (AvgIpc) is 3.85. The largest absolute Gasteiger partial charge is 0.382 e. The zero-order valence-electron chi connectivity index (χ0n) is 24.4. The van der Waals surface area contributed by atoms with Crippen LogP contribution in [0.2, 0.25) is 0 Å². The van der Waals surface area contributed by atoms with Crippen molar-refractivity contribution >= 4 is 40.2 Å². The highest BCUT2D eigenvalue weighted by Crippen LogP contribution is 2.26. The van der Waals surface area contributed by atoms with Crippen molar-refractivity contribution in [2.45, 2.75) is 18.9 Å². The molecular formula is C33H32N8O3. The van der Waals surface area contributed by atoms with Gasteiger partial charge in [0.25, 0.3) is 5.91 Å². The van der Waals surface area contributed by atoms with Crippen molar-refractivity contribution in [1.82, 2.24) is 24.0 Å². The van der Waals surface area contributed by atoms with Crippen molar-refractivity contribution in [3.05, 3.63) is 113 Å². The fourth-order valence-electron chi connectivity index (χ4n) is 5.07. The van der Waals surface area contributed by atoms with Crippen LogP contribution in [-0.4, -0.2) is 62.5 Å². The molecular weight excluding hydrogens is 556 g/mol. The first-order chi connectivity index (χ1) is 21.3. The maximum absolute atomic E-state index is 14.0. The molecule has 1 aliphatic rings. The Morgan fingerprint density at radius 3 is 2.43 bits per heavy atom. The number of imidazole rings is 1. The number of nitrogen functional groups attached to an aromatic ring is 1. The van der Waals surface area contributed by atoms with Gasteiger partial charge in [0.15, 0.2) is 11.5 Å². The van der Waals surface area contributed by atoms with Gasteiger partial charge in [-0.25, -0.2) is 19.3 Å². The van der Waals surface area contributed by atoms with Gasteiger partial charge in [-0.3, -0.25) is 19.1 Å². The summed E-state index contributed by atoms with van der Waals surface area (Å²) in [5, 5.41) is 2.86. The number of aromatic nitrogens is 4. The molecule has 1 fully saturated rings. The lowest BCUT2D eigenvalue weighted by Gasteiger charge is -2.17. The number of likely N-dealkylation sites (N-methyl/N-ethyl adjacent to an activating group) is 2. The molecule has 3 N–H and O–H groups in total. The van der Waals surface area contributed by atoms with E-state index in [4.69, 9.17) is 5.73 Å². The average molecular weight is 589 g/mol. The highest BCUT2D eigenvalue weighted by molar-refractivity contribution is 6.04. The first-order valence-corrected chi connectivity index (χ1v) is 14.3. The molecule has 0 unspecified atom stereocenters. The number of carbonyl (C=O) groups excluding carboxylic acids is 2. The molecule has 0 saturated heterocycles. The zero-order chi connectivity index (χ0) is 30.8. The lowest BCUT2D eigenvalue weighted by atomic mass is 10.2. The Hall–Kier alpha value is -5.55. The number of fused-ring (bicyclic) bond motifs is 1. The zero-order valence-corrected chi connectivity index (χ0v) is 24.4. The van der Waals surface area contributed by atoms with E-state index in [1.54, 1.807) is 79.9 Å². The van der Waals surface area contributed by atoms with Crippen LogP contribution in [0.1, 0.15) is 23.2 Å². The number of nitrogens with zero attached hydrogens (tertiary/aromatic N) is 6. The third-order valence-corrected chi connectivity index (χ3v) is 7.70. The van der Waals surface area contributed by atoms with E-state index in [1.807, 2.05) is 18.2 Å². The van der Waals surface area contributed by atoms with Crippen LogP contribution in [0.4, 0.5) is 17.2 Å². The minimum atomic E-state index is -0.414. The summed E-state index contributed by atoms with van der Waals surface area (Å²) in [7, 11) is 3.75. The number of anilines is 3. The van der Waals surface area contributed by atoms with Gasteiger partial charge in [-0.2, -0.15) is 0 Å². The number of benzene rings is 3. The molecule has 2 aromatic heterocycles. The van der Waals surface area contributed by atoms with Gasteiger partial charge in [-0.15, -0.1) is 0 Å². The smallest absolute Gasteiger partial charge is 0.339 e. The van der Waals surface area contributed by atoms with Gasteiger partial charge < -0.3 is 16.0 Å². The summed E-state index contributed by atoms with van der Waals surface area (Å²) in [5.41, 5.74) is 9.27. The second-order valence-electron chi connectivity index (χ2n) is 10.7. The van der Waals surface area contributed by atoms with Crippen molar-refractivity contribution in [3.63, 3.8) is 0 Å². The lowest BCUT2D eigenvalue weighted by Crippen LogP contribution is -2.26. The lowest BCUT2D eigenvalue weighted by molar-refractivity contribution is -0.113. The first kappa shape index (κ1) is 28.6. The number of nitrogens with two attached hydrogens (primary N) is 1. The quantitative estimate of drug-likeness (QED) is 0.249.